The van der Waals surface area contributed by atoms with E-state index in [-0.39, 0.29) is 0 Å². The van der Waals surface area contributed by atoms with Crippen LogP contribution < -0.4 is 0 Å². The molecule has 1 N–H and O–H groups in total. The zero-order valence-electron chi connectivity index (χ0n) is 7.50. The van der Waals surface area contributed by atoms with Gasteiger partial charge in [-0.05, 0) is 38.0 Å². The molecule has 12 heavy (non-hydrogen) atoms. The Hall–Kier alpha value is -0.530. The highest BCUT2D eigenvalue weighted by atomic mass is 16.4. The first kappa shape index (κ1) is 8.09. The first-order chi connectivity index (χ1) is 5.92. The summed E-state index contributed by atoms with van der Waals surface area (Å²) in [6, 6.07) is 0. The van der Waals surface area contributed by atoms with Gasteiger partial charge in [0.25, 0.3) is 0 Å². The van der Waals surface area contributed by atoms with Crippen LogP contribution in [0.4, 0.5) is 0 Å². The van der Waals surface area contributed by atoms with Crippen molar-refractivity contribution in [2.24, 2.45) is 17.0 Å². The maximum atomic E-state index is 8.82. The molecule has 0 bridgehead atoms. The molecular weight excluding hydrogens is 150 g/mol. The van der Waals surface area contributed by atoms with Gasteiger partial charge in [-0.3, -0.25) is 0 Å². The Morgan fingerprint density at radius 2 is 1.83 bits per heavy atom. The lowest BCUT2D eigenvalue weighted by molar-refractivity contribution is 0.243. The average molecular weight is 167 g/mol. The van der Waals surface area contributed by atoms with Crippen LogP contribution in [-0.2, 0) is 0 Å². The molecule has 0 saturated heterocycles. The predicted octanol–water partition coefficient (Wildman–Crippen LogP) is 2.81. The van der Waals surface area contributed by atoms with Crippen LogP contribution in [-0.4, -0.2) is 10.9 Å². The number of fused-ring (bicyclic) bond motifs is 1. The van der Waals surface area contributed by atoms with Crippen molar-refractivity contribution in [1.29, 1.82) is 0 Å². The molecule has 0 unspecified atom stereocenters. The minimum atomic E-state index is 0.637. The van der Waals surface area contributed by atoms with E-state index >= 15 is 0 Å². The molecular formula is C10H17NO. The highest BCUT2D eigenvalue weighted by Crippen LogP contribution is 2.38. The van der Waals surface area contributed by atoms with Crippen LogP contribution >= 0.6 is 0 Å². The Bertz CT molecular complexity index is 186. The number of oxime groups is 1. The van der Waals surface area contributed by atoms with Crippen molar-refractivity contribution >= 4 is 5.71 Å². The van der Waals surface area contributed by atoms with E-state index in [1.807, 2.05) is 0 Å². The van der Waals surface area contributed by atoms with Crippen LogP contribution in [0.15, 0.2) is 5.16 Å². The molecule has 2 aliphatic carbocycles. The van der Waals surface area contributed by atoms with E-state index in [0.29, 0.717) is 5.92 Å². The van der Waals surface area contributed by atoms with Gasteiger partial charge in [0.2, 0.25) is 0 Å². The van der Waals surface area contributed by atoms with Crippen LogP contribution in [0.1, 0.15) is 44.9 Å². The number of hydrogen-bond donors (Lipinski definition) is 1. The van der Waals surface area contributed by atoms with Crippen LogP contribution in [0.25, 0.3) is 0 Å². The van der Waals surface area contributed by atoms with Gasteiger partial charge in [-0.15, -0.1) is 0 Å². The summed E-state index contributed by atoms with van der Waals surface area (Å²) in [5, 5.41) is 12.3. The summed E-state index contributed by atoms with van der Waals surface area (Å²) in [5.74, 6) is 1.48. The second-order valence-electron chi connectivity index (χ2n) is 4.13. The summed E-state index contributed by atoms with van der Waals surface area (Å²) >= 11 is 0. The Kier molecular flexibility index (Phi) is 2.33. The summed E-state index contributed by atoms with van der Waals surface area (Å²) < 4.78 is 0. The topological polar surface area (TPSA) is 32.6 Å². The van der Waals surface area contributed by atoms with Gasteiger partial charge < -0.3 is 5.21 Å². The van der Waals surface area contributed by atoms with Gasteiger partial charge in [-0.1, -0.05) is 18.0 Å². The van der Waals surface area contributed by atoms with E-state index in [1.54, 1.807) is 0 Å². The van der Waals surface area contributed by atoms with Crippen molar-refractivity contribution in [3.8, 4) is 0 Å². The molecule has 0 aromatic carbocycles. The third kappa shape index (κ3) is 1.35. The highest BCUT2D eigenvalue weighted by Gasteiger charge is 2.32. The molecule has 2 aliphatic rings. The molecule has 0 spiro atoms. The molecule has 2 atom stereocenters. The van der Waals surface area contributed by atoms with E-state index in [9.17, 15) is 0 Å². The maximum Gasteiger partial charge on any atom is 0.0604 e. The highest BCUT2D eigenvalue weighted by molar-refractivity contribution is 5.87. The largest absolute Gasteiger partial charge is 0.411 e. The molecule has 0 aromatic rings. The minimum Gasteiger partial charge on any atom is -0.411 e. The smallest absolute Gasteiger partial charge is 0.0604 e. The van der Waals surface area contributed by atoms with Gasteiger partial charge in [-0.2, -0.15) is 0 Å². The van der Waals surface area contributed by atoms with Gasteiger partial charge >= 0.3 is 0 Å². The number of hydrogen-bond acceptors (Lipinski definition) is 2. The molecule has 2 saturated carbocycles. The van der Waals surface area contributed by atoms with E-state index in [4.69, 9.17) is 5.21 Å². The Labute approximate surface area is 73.7 Å². The van der Waals surface area contributed by atoms with Crippen molar-refractivity contribution < 1.29 is 5.21 Å². The van der Waals surface area contributed by atoms with Gasteiger partial charge in [0.05, 0.1) is 5.71 Å². The third-order valence-electron chi connectivity index (χ3n) is 3.47. The van der Waals surface area contributed by atoms with Crippen LogP contribution in [0, 0.1) is 11.8 Å². The van der Waals surface area contributed by atoms with Crippen molar-refractivity contribution in [1.82, 2.24) is 0 Å². The lowest BCUT2D eigenvalue weighted by atomic mass is 9.70. The zero-order valence-corrected chi connectivity index (χ0v) is 7.50. The lowest BCUT2D eigenvalue weighted by Crippen LogP contribution is -2.31. The van der Waals surface area contributed by atoms with Gasteiger partial charge in [-0.25, -0.2) is 0 Å². The van der Waals surface area contributed by atoms with Crippen LogP contribution in [0.3, 0.4) is 0 Å². The Morgan fingerprint density at radius 1 is 1.08 bits per heavy atom. The summed E-state index contributed by atoms with van der Waals surface area (Å²) in [6.45, 7) is 0. The van der Waals surface area contributed by atoms with Gasteiger partial charge in [0.15, 0.2) is 0 Å². The van der Waals surface area contributed by atoms with Crippen molar-refractivity contribution in [2.45, 2.75) is 44.9 Å². The molecule has 2 fully saturated rings. The summed E-state index contributed by atoms with van der Waals surface area (Å²) in [5.41, 5.74) is 1.09. The van der Waals surface area contributed by atoms with Gasteiger partial charge in [0.1, 0.15) is 0 Å². The maximum absolute atomic E-state index is 8.82. The van der Waals surface area contributed by atoms with Crippen molar-refractivity contribution in [3.63, 3.8) is 0 Å². The molecule has 0 amide bonds. The predicted molar refractivity (Wildman–Crippen MR) is 48.5 cm³/mol. The van der Waals surface area contributed by atoms with Crippen LogP contribution in [0.5, 0.6) is 0 Å². The first-order valence-corrected chi connectivity index (χ1v) is 5.12. The Balaban J connectivity index is 2.09. The van der Waals surface area contributed by atoms with E-state index in [2.05, 4.69) is 5.16 Å². The SMILES string of the molecule is ON=C1CCC[C@H]2CCCC[C@H]12. The molecule has 0 aliphatic heterocycles. The number of rotatable bonds is 0. The van der Waals surface area contributed by atoms with Gasteiger partial charge in [0, 0.05) is 5.92 Å². The molecule has 68 valence electrons. The van der Waals surface area contributed by atoms with Crippen molar-refractivity contribution in [3.05, 3.63) is 0 Å². The molecule has 2 nitrogen and oxygen atoms in total. The molecule has 0 heterocycles. The molecule has 2 heteroatoms. The van der Waals surface area contributed by atoms with Crippen LogP contribution in [0.2, 0.25) is 0 Å². The van der Waals surface area contributed by atoms with E-state index in [0.717, 1.165) is 18.1 Å². The average Bonchev–Trinajstić information content (AvgIpc) is 2.17. The number of nitrogens with zero attached hydrogens (tertiary/aromatic N) is 1. The van der Waals surface area contributed by atoms with E-state index < -0.39 is 0 Å². The second-order valence-corrected chi connectivity index (χ2v) is 4.13. The lowest BCUT2D eigenvalue weighted by Gasteiger charge is -2.35. The first-order valence-electron chi connectivity index (χ1n) is 5.12. The van der Waals surface area contributed by atoms with Crippen molar-refractivity contribution in [2.75, 3.05) is 0 Å². The fraction of sp³-hybridized carbons (Fsp3) is 0.900. The standard InChI is InChI=1S/C10H17NO/c12-11-10-7-3-5-8-4-1-2-6-9(8)10/h8-9,12H,1-7H2/t8-,9+/m1/s1. The summed E-state index contributed by atoms with van der Waals surface area (Å²) in [7, 11) is 0. The minimum absolute atomic E-state index is 0.637. The zero-order chi connectivity index (χ0) is 8.39. The quantitative estimate of drug-likeness (QED) is 0.436. The summed E-state index contributed by atoms with van der Waals surface area (Å²) in [4.78, 5) is 0. The normalized spacial score (nSPS) is 39.5. The molecule has 2 rings (SSSR count). The molecule has 0 radical (unpaired) electrons. The third-order valence-corrected chi connectivity index (χ3v) is 3.47. The van der Waals surface area contributed by atoms with E-state index in [1.165, 1.54) is 38.5 Å². The molecule has 0 aromatic heterocycles. The fourth-order valence-electron chi connectivity index (χ4n) is 2.85. The fourth-order valence-corrected chi connectivity index (χ4v) is 2.85. The monoisotopic (exact) mass is 167 g/mol. The summed E-state index contributed by atoms with van der Waals surface area (Å²) in [6.07, 6.45) is 9.00. The second kappa shape index (κ2) is 3.46. The Morgan fingerprint density at radius 3 is 2.67 bits per heavy atom.